The fourth-order valence-electron chi connectivity index (χ4n) is 2.06. The molecular weight excluding hydrogens is 228 g/mol. The van der Waals surface area contributed by atoms with Gasteiger partial charge in [0, 0.05) is 0 Å². The Morgan fingerprint density at radius 3 is 2.83 bits per heavy atom. The summed E-state index contributed by atoms with van der Waals surface area (Å²) in [6, 6.07) is 5.76. The lowest BCUT2D eigenvalue weighted by Crippen LogP contribution is -2.37. The van der Waals surface area contributed by atoms with Gasteiger partial charge in [-0.25, -0.2) is 0 Å². The average molecular weight is 250 g/mol. The largest absolute Gasteiger partial charge is 0.491 e. The molecule has 3 heteroatoms. The Bertz CT molecular complexity index is 424. The summed E-state index contributed by atoms with van der Waals surface area (Å²) in [4.78, 5) is 0. The van der Waals surface area contributed by atoms with E-state index in [2.05, 4.69) is 0 Å². The van der Waals surface area contributed by atoms with Gasteiger partial charge in [-0.15, -0.1) is 0 Å². The van der Waals surface area contributed by atoms with Gasteiger partial charge in [0.15, 0.2) is 0 Å². The highest BCUT2D eigenvalue weighted by molar-refractivity contribution is 5.39. The molecule has 0 spiro atoms. The molecule has 0 saturated heterocycles. The highest BCUT2D eigenvalue weighted by Gasteiger charge is 2.26. The number of hydrogen-bond acceptors (Lipinski definition) is 3. The Hall–Kier alpha value is -1.06. The minimum atomic E-state index is -0.821. The maximum Gasteiger partial charge on any atom is 0.119 e. The normalized spacial score (nSPS) is 21.8. The molecule has 1 aliphatic carbocycles. The van der Waals surface area contributed by atoms with Gasteiger partial charge in [0.2, 0.25) is 0 Å². The van der Waals surface area contributed by atoms with Crippen molar-refractivity contribution < 1.29 is 14.9 Å². The highest BCUT2D eigenvalue weighted by Crippen LogP contribution is 2.33. The van der Waals surface area contributed by atoms with E-state index in [1.165, 1.54) is 0 Å². The van der Waals surface area contributed by atoms with Crippen LogP contribution in [-0.4, -0.2) is 22.4 Å². The number of hydrogen-bond donors (Lipinski definition) is 2. The van der Waals surface area contributed by atoms with Crippen LogP contribution in [0.3, 0.4) is 0 Å². The molecule has 0 amide bonds. The first-order chi connectivity index (χ1) is 8.40. The number of aliphatic hydroxyl groups is 2. The molecule has 0 bridgehead atoms. The van der Waals surface area contributed by atoms with Crippen molar-refractivity contribution in [3.63, 3.8) is 0 Å². The van der Waals surface area contributed by atoms with Gasteiger partial charge in [-0.2, -0.15) is 0 Å². The van der Waals surface area contributed by atoms with Gasteiger partial charge < -0.3 is 14.9 Å². The van der Waals surface area contributed by atoms with Crippen LogP contribution < -0.4 is 4.74 Å². The van der Waals surface area contributed by atoms with Gasteiger partial charge in [0.1, 0.15) is 12.4 Å². The van der Waals surface area contributed by atoms with Crippen LogP contribution in [0.4, 0.5) is 0 Å². The molecule has 0 fully saturated rings. The van der Waals surface area contributed by atoms with Crippen LogP contribution in [-0.2, 0) is 6.42 Å². The Morgan fingerprint density at radius 2 is 2.17 bits per heavy atom. The molecule has 1 unspecified atom stereocenters. The first-order valence-corrected chi connectivity index (χ1v) is 6.56. The second-order valence-corrected chi connectivity index (χ2v) is 5.72. The van der Waals surface area contributed by atoms with Crippen molar-refractivity contribution in [2.24, 2.45) is 5.92 Å². The van der Waals surface area contributed by atoms with Gasteiger partial charge in [0.05, 0.1) is 11.7 Å². The van der Waals surface area contributed by atoms with Crippen molar-refractivity contribution in [2.75, 3.05) is 6.61 Å². The van der Waals surface area contributed by atoms with E-state index < -0.39 is 5.60 Å². The predicted octanol–water partition coefficient (Wildman–Crippen LogP) is 2.45. The molecule has 0 heterocycles. The third-order valence-corrected chi connectivity index (χ3v) is 3.94. The summed E-state index contributed by atoms with van der Waals surface area (Å²) in [5, 5.41) is 19.8. The van der Waals surface area contributed by atoms with Crippen molar-refractivity contribution in [1.82, 2.24) is 0 Å². The zero-order valence-electron chi connectivity index (χ0n) is 11.3. The molecule has 2 rings (SSSR count). The van der Waals surface area contributed by atoms with E-state index in [1.54, 1.807) is 6.92 Å². The maximum absolute atomic E-state index is 10.1. The van der Waals surface area contributed by atoms with E-state index >= 15 is 0 Å². The molecule has 2 N–H and O–H groups in total. The topological polar surface area (TPSA) is 49.7 Å². The summed E-state index contributed by atoms with van der Waals surface area (Å²) in [5.74, 6) is 0.914. The molecule has 18 heavy (non-hydrogen) atoms. The maximum atomic E-state index is 10.1. The van der Waals surface area contributed by atoms with Crippen LogP contribution in [0.2, 0.25) is 0 Å². The molecule has 0 aromatic heterocycles. The molecule has 1 aromatic carbocycles. The number of benzene rings is 1. The minimum absolute atomic E-state index is 0.147. The second-order valence-electron chi connectivity index (χ2n) is 5.72. The van der Waals surface area contributed by atoms with Gasteiger partial charge >= 0.3 is 0 Å². The van der Waals surface area contributed by atoms with Crippen LogP contribution >= 0.6 is 0 Å². The monoisotopic (exact) mass is 250 g/mol. The van der Waals surface area contributed by atoms with Crippen molar-refractivity contribution in [2.45, 2.75) is 45.3 Å². The third-order valence-electron chi connectivity index (χ3n) is 3.94. The first kappa shape index (κ1) is 13.4. The van der Waals surface area contributed by atoms with Crippen LogP contribution in [0.1, 0.15) is 44.4 Å². The zero-order chi connectivity index (χ0) is 13.3. The Balaban J connectivity index is 2.04. The van der Waals surface area contributed by atoms with Gasteiger partial charge in [0.25, 0.3) is 0 Å². The summed E-state index contributed by atoms with van der Waals surface area (Å²) in [6.07, 6.45) is 1.37. The Labute approximate surface area is 108 Å². The average Bonchev–Trinajstić information content (AvgIpc) is 2.68. The van der Waals surface area contributed by atoms with Crippen molar-refractivity contribution in [3.05, 3.63) is 29.3 Å². The number of rotatable bonds is 4. The van der Waals surface area contributed by atoms with E-state index in [-0.39, 0.29) is 18.6 Å². The van der Waals surface area contributed by atoms with Gasteiger partial charge in [-0.1, -0.05) is 19.9 Å². The summed E-state index contributed by atoms with van der Waals surface area (Å²) >= 11 is 0. The smallest absolute Gasteiger partial charge is 0.119 e. The highest BCUT2D eigenvalue weighted by atomic mass is 16.5. The predicted molar refractivity (Wildman–Crippen MR) is 70.7 cm³/mol. The lowest BCUT2D eigenvalue weighted by molar-refractivity contribution is -0.0266. The van der Waals surface area contributed by atoms with Crippen molar-refractivity contribution >= 4 is 0 Å². The molecular formula is C15H22O3. The van der Waals surface area contributed by atoms with Crippen molar-refractivity contribution in [1.29, 1.82) is 0 Å². The SMILES string of the molecule is CC(C)C(C)(O)COc1ccc2c(c1)CC[C@@H]2O. The third kappa shape index (κ3) is 2.68. The standard InChI is InChI=1S/C15H22O3/c1-10(2)15(3,17)9-18-12-5-6-13-11(8-12)4-7-14(13)16/h5-6,8,10,14,16-17H,4,7,9H2,1-3H3/t14-,15?/m0/s1. The summed E-state index contributed by atoms with van der Waals surface area (Å²) in [5.41, 5.74) is 1.35. The van der Waals surface area contributed by atoms with Crippen LogP contribution in [0.15, 0.2) is 18.2 Å². The molecule has 0 saturated carbocycles. The first-order valence-electron chi connectivity index (χ1n) is 6.56. The Morgan fingerprint density at radius 1 is 1.44 bits per heavy atom. The van der Waals surface area contributed by atoms with E-state index in [0.717, 1.165) is 29.7 Å². The Kier molecular flexibility index (Phi) is 3.64. The molecule has 0 aliphatic heterocycles. The lowest BCUT2D eigenvalue weighted by atomic mass is 9.94. The molecule has 1 aliphatic rings. The fraction of sp³-hybridized carbons (Fsp3) is 0.600. The quantitative estimate of drug-likeness (QED) is 0.863. The summed E-state index contributed by atoms with van der Waals surface area (Å²) in [6.45, 7) is 6.02. The number of ether oxygens (including phenoxy) is 1. The zero-order valence-corrected chi connectivity index (χ0v) is 11.3. The lowest BCUT2D eigenvalue weighted by Gasteiger charge is -2.27. The molecule has 0 radical (unpaired) electrons. The second kappa shape index (κ2) is 4.90. The summed E-state index contributed by atoms with van der Waals surface area (Å²) < 4.78 is 5.66. The van der Waals surface area contributed by atoms with E-state index in [4.69, 9.17) is 4.74 Å². The molecule has 2 atom stereocenters. The van der Waals surface area contributed by atoms with E-state index in [0.29, 0.717) is 0 Å². The van der Waals surface area contributed by atoms with Gasteiger partial charge in [-0.3, -0.25) is 0 Å². The van der Waals surface area contributed by atoms with Crippen LogP contribution in [0.5, 0.6) is 5.75 Å². The van der Waals surface area contributed by atoms with E-state index in [9.17, 15) is 10.2 Å². The fourth-order valence-corrected chi connectivity index (χ4v) is 2.06. The number of aryl methyl sites for hydroxylation is 1. The summed E-state index contributed by atoms with van der Waals surface area (Å²) in [7, 11) is 0. The van der Waals surface area contributed by atoms with E-state index in [1.807, 2.05) is 32.0 Å². The van der Waals surface area contributed by atoms with Gasteiger partial charge in [-0.05, 0) is 48.9 Å². The number of fused-ring (bicyclic) bond motifs is 1. The van der Waals surface area contributed by atoms with Crippen molar-refractivity contribution in [3.8, 4) is 5.75 Å². The van der Waals surface area contributed by atoms with Crippen LogP contribution in [0, 0.1) is 5.92 Å². The molecule has 100 valence electrons. The minimum Gasteiger partial charge on any atom is -0.491 e. The van der Waals surface area contributed by atoms with Crippen LogP contribution in [0.25, 0.3) is 0 Å². The number of aliphatic hydroxyl groups excluding tert-OH is 1. The molecule has 3 nitrogen and oxygen atoms in total. The molecule has 1 aromatic rings.